The Morgan fingerprint density at radius 3 is 2.66 bits per heavy atom. The zero-order valence-corrected chi connectivity index (χ0v) is 18.6. The van der Waals surface area contributed by atoms with Crippen LogP contribution in [0.5, 0.6) is 11.5 Å². The van der Waals surface area contributed by atoms with Gasteiger partial charge in [0, 0.05) is 23.7 Å². The van der Waals surface area contributed by atoms with E-state index >= 15 is 0 Å². The predicted octanol–water partition coefficient (Wildman–Crippen LogP) is 2.89. The third-order valence-electron chi connectivity index (χ3n) is 5.62. The molecule has 0 saturated carbocycles. The van der Waals surface area contributed by atoms with Crippen molar-refractivity contribution >= 4 is 22.5 Å². The van der Waals surface area contributed by atoms with Crippen molar-refractivity contribution in [2.75, 3.05) is 20.8 Å². The molecule has 0 fully saturated rings. The predicted molar refractivity (Wildman–Crippen MR) is 123 cm³/mol. The van der Waals surface area contributed by atoms with E-state index < -0.39 is 6.04 Å². The molecule has 4 rings (SSSR count). The molecule has 4 aromatic rings. The van der Waals surface area contributed by atoms with Gasteiger partial charge in [-0.15, -0.1) is 0 Å². The van der Waals surface area contributed by atoms with Gasteiger partial charge in [-0.3, -0.25) is 14.3 Å². The first kappa shape index (κ1) is 21.4. The van der Waals surface area contributed by atoms with Crippen LogP contribution >= 0.6 is 0 Å². The van der Waals surface area contributed by atoms with Crippen LogP contribution in [0.2, 0.25) is 0 Å². The Bertz CT molecular complexity index is 1360. The van der Waals surface area contributed by atoms with E-state index in [1.54, 1.807) is 14.2 Å². The average molecular weight is 434 g/mol. The van der Waals surface area contributed by atoms with E-state index in [0.29, 0.717) is 18.6 Å². The number of carbonyl (C=O) groups excluding carboxylic acids is 1. The van der Waals surface area contributed by atoms with Crippen molar-refractivity contribution in [3.8, 4) is 11.5 Å². The zero-order chi connectivity index (χ0) is 22.8. The molecule has 0 radical (unpaired) electrons. The van der Waals surface area contributed by atoms with Crippen molar-refractivity contribution in [2.24, 2.45) is 0 Å². The first-order valence-corrected chi connectivity index (χ1v) is 10.4. The molecule has 2 heterocycles. The summed E-state index contributed by atoms with van der Waals surface area (Å²) in [4.78, 5) is 29.3. The van der Waals surface area contributed by atoms with E-state index in [-0.39, 0.29) is 11.5 Å². The molecule has 2 aromatic heterocycles. The number of amides is 1. The minimum absolute atomic E-state index is 0.132. The molecule has 0 saturated heterocycles. The lowest BCUT2D eigenvalue weighted by Gasteiger charge is -2.18. The number of carbonyl (C=O) groups is 1. The second-order valence-corrected chi connectivity index (χ2v) is 7.63. The van der Waals surface area contributed by atoms with Crippen molar-refractivity contribution in [3.05, 3.63) is 70.1 Å². The number of ether oxygens (including phenoxy) is 2. The van der Waals surface area contributed by atoms with Crippen LogP contribution in [0.4, 0.5) is 0 Å². The fourth-order valence-corrected chi connectivity index (χ4v) is 4.05. The highest BCUT2D eigenvalue weighted by molar-refractivity contribution is 5.94. The van der Waals surface area contributed by atoms with Crippen LogP contribution in [0.3, 0.4) is 0 Å². The molecule has 1 N–H and O–H groups in total. The van der Waals surface area contributed by atoms with Crippen LogP contribution in [0, 0.1) is 6.92 Å². The van der Waals surface area contributed by atoms with Gasteiger partial charge < -0.3 is 14.8 Å². The van der Waals surface area contributed by atoms with Gasteiger partial charge in [-0.2, -0.15) is 4.98 Å². The molecule has 166 valence electrons. The fourth-order valence-electron chi connectivity index (χ4n) is 4.05. The molecule has 2 aromatic carbocycles. The van der Waals surface area contributed by atoms with Crippen molar-refractivity contribution in [3.63, 3.8) is 0 Å². The van der Waals surface area contributed by atoms with Gasteiger partial charge in [0.15, 0.2) is 5.65 Å². The molecule has 32 heavy (non-hydrogen) atoms. The number of rotatable bonds is 7. The molecule has 8 heteroatoms. The molecule has 0 spiro atoms. The lowest BCUT2D eigenvalue weighted by atomic mass is 10.1. The zero-order valence-electron chi connectivity index (χ0n) is 18.6. The summed E-state index contributed by atoms with van der Waals surface area (Å²) >= 11 is 0. The smallest absolute Gasteiger partial charge is 0.273 e. The van der Waals surface area contributed by atoms with Gasteiger partial charge in [-0.25, -0.2) is 4.52 Å². The van der Waals surface area contributed by atoms with Gasteiger partial charge in [0.2, 0.25) is 5.91 Å². The summed E-state index contributed by atoms with van der Waals surface area (Å²) in [5.41, 5.74) is 2.76. The van der Waals surface area contributed by atoms with Crippen molar-refractivity contribution < 1.29 is 14.3 Å². The standard InChI is InChI=1S/C24H26N4O4/c1-15-13-22(29)26-23-19-7-5-6-8-20(19)28(27(15)23)16(2)24(30)25-12-11-17-14-18(31-3)9-10-21(17)32-4/h5-10,13-14,16H,11-12H2,1-4H3,(H,25,30). The maximum absolute atomic E-state index is 13.1. The highest BCUT2D eigenvalue weighted by Crippen LogP contribution is 2.26. The number of hydrogen-bond acceptors (Lipinski definition) is 5. The molecule has 0 aliphatic carbocycles. The van der Waals surface area contributed by atoms with Crippen LogP contribution in [0.15, 0.2) is 53.3 Å². The monoisotopic (exact) mass is 434 g/mol. The largest absolute Gasteiger partial charge is 0.497 e. The molecule has 0 bridgehead atoms. The molecule has 8 nitrogen and oxygen atoms in total. The quantitative estimate of drug-likeness (QED) is 0.483. The van der Waals surface area contributed by atoms with Gasteiger partial charge in [0.1, 0.15) is 17.5 Å². The topological polar surface area (TPSA) is 86.9 Å². The van der Waals surface area contributed by atoms with Crippen LogP contribution in [-0.4, -0.2) is 40.9 Å². The maximum Gasteiger partial charge on any atom is 0.273 e. The molecule has 0 aliphatic heterocycles. The van der Waals surface area contributed by atoms with Crippen molar-refractivity contribution in [2.45, 2.75) is 26.3 Å². The van der Waals surface area contributed by atoms with E-state index in [0.717, 1.165) is 33.7 Å². The van der Waals surface area contributed by atoms with Gasteiger partial charge in [-0.1, -0.05) is 12.1 Å². The fraction of sp³-hybridized carbons (Fsp3) is 0.292. The minimum atomic E-state index is -0.521. The number of aromatic nitrogens is 3. The van der Waals surface area contributed by atoms with Crippen LogP contribution in [0.1, 0.15) is 24.2 Å². The summed E-state index contributed by atoms with van der Waals surface area (Å²) in [5, 5.41) is 3.84. The summed E-state index contributed by atoms with van der Waals surface area (Å²) < 4.78 is 14.4. The van der Waals surface area contributed by atoms with Crippen molar-refractivity contribution in [1.82, 2.24) is 19.5 Å². The number of benzene rings is 2. The average Bonchev–Trinajstić information content (AvgIpc) is 3.13. The first-order chi connectivity index (χ1) is 15.4. The number of methoxy groups -OCH3 is 2. The number of fused-ring (bicyclic) bond motifs is 3. The van der Waals surface area contributed by atoms with E-state index in [1.807, 2.05) is 65.5 Å². The molecule has 0 aliphatic rings. The Hall–Kier alpha value is -3.81. The number of nitrogens with one attached hydrogen (secondary N) is 1. The van der Waals surface area contributed by atoms with E-state index in [2.05, 4.69) is 10.3 Å². The number of hydrogen-bond donors (Lipinski definition) is 1. The summed E-state index contributed by atoms with van der Waals surface area (Å²) in [7, 11) is 3.24. The van der Waals surface area contributed by atoms with E-state index in [1.165, 1.54) is 6.07 Å². The Morgan fingerprint density at radius 2 is 1.91 bits per heavy atom. The lowest BCUT2D eigenvalue weighted by Crippen LogP contribution is -2.34. The highest BCUT2D eigenvalue weighted by atomic mass is 16.5. The second kappa shape index (κ2) is 8.74. The van der Waals surface area contributed by atoms with Gasteiger partial charge in [0.05, 0.1) is 19.7 Å². The summed E-state index contributed by atoms with van der Waals surface area (Å²) in [6, 6.07) is 14.2. The third kappa shape index (κ3) is 3.79. The first-order valence-electron chi connectivity index (χ1n) is 10.4. The minimum Gasteiger partial charge on any atom is -0.497 e. The normalized spacial score (nSPS) is 12.1. The van der Waals surface area contributed by atoms with Gasteiger partial charge in [-0.05, 0) is 56.2 Å². The summed E-state index contributed by atoms with van der Waals surface area (Å²) in [6.07, 6.45) is 0.597. The SMILES string of the molecule is COc1ccc(OC)c(CCNC(=O)C(C)n2c3ccccc3c3nc(=O)cc(C)n32)c1. The summed E-state index contributed by atoms with van der Waals surface area (Å²) in [5.74, 6) is 1.36. The number of para-hydroxylation sites is 1. The Morgan fingerprint density at radius 1 is 1.12 bits per heavy atom. The Balaban J connectivity index is 1.60. The Labute approximate surface area is 185 Å². The van der Waals surface area contributed by atoms with Gasteiger partial charge in [0.25, 0.3) is 5.56 Å². The number of nitrogens with zero attached hydrogens (tertiary/aromatic N) is 3. The molecular formula is C24H26N4O4. The number of aryl methyl sites for hydroxylation is 1. The highest BCUT2D eigenvalue weighted by Gasteiger charge is 2.22. The molecule has 1 amide bonds. The van der Waals surface area contributed by atoms with E-state index in [4.69, 9.17) is 9.47 Å². The lowest BCUT2D eigenvalue weighted by molar-refractivity contribution is -0.124. The van der Waals surface area contributed by atoms with Crippen molar-refractivity contribution in [1.29, 1.82) is 0 Å². The van der Waals surface area contributed by atoms with E-state index in [9.17, 15) is 9.59 Å². The van der Waals surface area contributed by atoms with Crippen LogP contribution in [0.25, 0.3) is 16.6 Å². The maximum atomic E-state index is 13.1. The molecule has 1 unspecified atom stereocenters. The van der Waals surface area contributed by atoms with Crippen LogP contribution in [-0.2, 0) is 11.2 Å². The molecule has 1 atom stereocenters. The second-order valence-electron chi connectivity index (χ2n) is 7.63. The molecular weight excluding hydrogens is 408 g/mol. The van der Waals surface area contributed by atoms with Gasteiger partial charge >= 0.3 is 0 Å². The third-order valence-corrected chi connectivity index (χ3v) is 5.62. The Kier molecular flexibility index (Phi) is 5.85. The van der Waals surface area contributed by atoms with Crippen LogP contribution < -0.4 is 20.3 Å². The summed E-state index contributed by atoms with van der Waals surface area (Å²) in [6.45, 7) is 4.12.